The number of nitrogen functional groups attached to an aromatic ring is 1. The molecular weight excluding hydrogens is 259 g/mol. The molecule has 1 aliphatic rings. The van der Waals surface area contributed by atoms with E-state index in [0.717, 1.165) is 12.1 Å². The van der Waals surface area contributed by atoms with Crippen molar-refractivity contribution >= 4 is 15.7 Å². The molecule has 7 heteroatoms. The summed E-state index contributed by atoms with van der Waals surface area (Å²) in [5.41, 5.74) is 5.67. The van der Waals surface area contributed by atoms with E-state index in [1.165, 1.54) is 10.4 Å². The molecule has 0 aliphatic carbocycles. The topological polar surface area (TPSA) is 72.6 Å². The minimum Gasteiger partial charge on any atom is -0.398 e. The van der Waals surface area contributed by atoms with Crippen LogP contribution in [0.1, 0.15) is 6.42 Å². The number of anilines is 1. The van der Waals surface area contributed by atoms with E-state index in [4.69, 9.17) is 10.5 Å². The summed E-state index contributed by atoms with van der Waals surface area (Å²) in [4.78, 5) is -0.176. The largest absolute Gasteiger partial charge is 0.398 e. The molecule has 0 atom stereocenters. The molecule has 5 nitrogen and oxygen atoms in total. The van der Waals surface area contributed by atoms with E-state index in [1.54, 1.807) is 0 Å². The molecule has 0 aromatic heterocycles. The fourth-order valence-electron chi connectivity index (χ4n) is 1.83. The number of nitrogens with zero attached hydrogens (tertiary/aromatic N) is 1. The van der Waals surface area contributed by atoms with Gasteiger partial charge in [0.1, 0.15) is 10.7 Å². The van der Waals surface area contributed by atoms with E-state index in [9.17, 15) is 12.8 Å². The minimum atomic E-state index is -3.75. The Hall–Kier alpha value is -1.18. The van der Waals surface area contributed by atoms with Crippen LogP contribution >= 0.6 is 0 Å². The third kappa shape index (κ3) is 2.63. The van der Waals surface area contributed by atoms with Crippen molar-refractivity contribution in [3.05, 3.63) is 24.0 Å². The highest BCUT2D eigenvalue weighted by Crippen LogP contribution is 2.23. The van der Waals surface area contributed by atoms with Crippen molar-refractivity contribution in [2.24, 2.45) is 0 Å². The Morgan fingerprint density at radius 3 is 2.83 bits per heavy atom. The van der Waals surface area contributed by atoms with E-state index in [-0.39, 0.29) is 17.1 Å². The molecule has 1 saturated heterocycles. The summed E-state index contributed by atoms with van der Waals surface area (Å²) in [5, 5.41) is 0. The van der Waals surface area contributed by atoms with Crippen LogP contribution in [0.15, 0.2) is 23.1 Å². The molecular formula is C11H15FN2O3S. The first-order valence-electron chi connectivity index (χ1n) is 5.65. The number of benzene rings is 1. The van der Waals surface area contributed by atoms with Gasteiger partial charge >= 0.3 is 0 Å². The lowest BCUT2D eigenvalue weighted by Gasteiger charge is -2.20. The Labute approximate surface area is 105 Å². The van der Waals surface area contributed by atoms with Gasteiger partial charge in [0.15, 0.2) is 0 Å². The molecule has 2 N–H and O–H groups in total. The summed E-state index contributed by atoms with van der Waals surface area (Å²) in [6.45, 7) is 1.50. The average molecular weight is 274 g/mol. The summed E-state index contributed by atoms with van der Waals surface area (Å²) in [6.07, 6.45) is 0.619. The van der Waals surface area contributed by atoms with Gasteiger partial charge in [-0.3, -0.25) is 0 Å². The fraction of sp³-hybridized carbons (Fsp3) is 0.455. The number of hydrogen-bond acceptors (Lipinski definition) is 4. The van der Waals surface area contributed by atoms with E-state index in [2.05, 4.69) is 0 Å². The maximum Gasteiger partial charge on any atom is 0.245 e. The minimum absolute atomic E-state index is 0.0570. The molecule has 0 spiro atoms. The molecule has 0 bridgehead atoms. The van der Waals surface area contributed by atoms with Crippen LogP contribution in [0.25, 0.3) is 0 Å². The third-order valence-electron chi connectivity index (χ3n) is 2.77. The standard InChI is InChI=1S/C11H15FN2O3S/c12-9-2-3-10(13)11(8-9)18(15,16)14-4-1-6-17-7-5-14/h2-3,8H,1,4-7,13H2. The van der Waals surface area contributed by atoms with E-state index >= 15 is 0 Å². The zero-order valence-corrected chi connectivity index (χ0v) is 10.6. The first-order chi connectivity index (χ1) is 8.51. The van der Waals surface area contributed by atoms with Crippen molar-refractivity contribution in [2.75, 3.05) is 32.0 Å². The highest BCUT2D eigenvalue weighted by atomic mass is 32.2. The van der Waals surface area contributed by atoms with Crippen LogP contribution < -0.4 is 5.73 Å². The second-order valence-electron chi connectivity index (χ2n) is 4.05. The molecule has 1 aromatic rings. The number of hydrogen-bond donors (Lipinski definition) is 1. The van der Waals surface area contributed by atoms with Crippen molar-refractivity contribution in [1.29, 1.82) is 0 Å². The second kappa shape index (κ2) is 5.21. The monoisotopic (exact) mass is 274 g/mol. The van der Waals surface area contributed by atoms with Crippen LogP contribution in [0.4, 0.5) is 10.1 Å². The molecule has 0 amide bonds. The molecule has 1 aromatic carbocycles. The van der Waals surface area contributed by atoms with Gasteiger partial charge in [0.05, 0.1) is 12.3 Å². The van der Waals surface area contributed by atoms with Crippen LogP contribution in [-0.2, 0) is 14.8 Å². The van der Waals surface area contributed by atoms with Crippen LogP contribution in [0.3, 0.4) is 0 Å². The smallest absolute Gasteiger partial charge is 0.245 e. The first kappa shape index (κ1) is 13.3. The van der Waals surface area contributed by atoms with Gasteiger partial charge in [0.25, 0.3) is 0 Å². The number of ether oxygens (including phenoxy) is 1. The van der Waals surface area contributed by atoms with Crippen molar-refractivity contribution in [3.8, 4) is 0 Å². The Kier molecular flexibility index (Phi) is 3.84. The van der Waals surface area contributed by atoms with Gasteiger partial charge < -0.3 is 10.5 Å². The van der Waals surface area contributed by atoms with Gasteiger partial charge in [-0.15, -0.1) is 0 Å². The molecule has 0 unspecified atom stereocenters. The number of nitrogens with two attached hydrogens (primary N) is 1. The van der Waals surface area contributed by atoms with E-state index in [1.807, 2.05) is 0 Å². The summed E-state index contributed by atoms with van der Waals surface area (Å²) in [7, 11) is -3.75. The Bertz CT molecular complexity index is 525. The average Bonchev–Trinajstić information content (AvgIpc) is 2.61. The molecule has 1 heterocycles. The Morgan fingerprint density at radius 2 is 2.06 bits per heavy atom. The van der Waals surface area contributed by atoms with Crippen molar-refractivity contribution in [1.82, 2.24) is 4.31 Å². The Balaban J connectivity index is 2.37. The highest BCUT2D eigenvalue weighted by Gasteiger charge is 2.27. The summed E-state index contributed by atoms with van der Waals surface area (Å²) in [6, 6.07) is 3.35. The van der Waals surface area contributed by atoms with Gasteiger partial charge in [0, 0.05) is 19.7 Å². The summed E-state index contributed by atoms with van der Waals surface area (Å²) in [5.74, 6) is -0.617. The molecule has 18 heavy (non-hydrogen) atoms. The lowest BCUT2D eigenvalue weighted by Crippen LogP contribution is -2.33. The predicted molar refractivity (Wildman–Crippen MR) is 65.0 cm³/mol. The van der Waals surface area contributed by atoms with Gasteiger partial charge in [-0.2, -0.15) is 4.31 Å². The fourth-order valence-corrected chi connectivity index (χ4v) is 3.42. The maximum absolute atomic E-state index is 13.2. The van der Waals surface area contributed by atoms with Crippen molar-refractivity contribution in [3.63, 3.8) is 0 Å². The maximum atomic E-state index is 13.2. The van der Waals surface area contributed by atoms with Crippen LogP contribution in [0, 0.1) is 5.82 Å². The highest BCUT2D eigenvalue weighted by molar-refractivity contribution is 7.89. The Morgan fingerprint density at radius 1 is 1.28 bits per heavy atom. The quantitative estimate of drug-likeness (QED) is 0.810. The molecule has 1 fully saturated rings. The normalized spacial score (nSPS) is 18.5. The van der Waals surface area contributed by atoms with Gasteiger partial charge in [0.2, 0.25) is 10.0 Å². The number of halogens is 1. The third-order valence-corrected chi connectivity index (χ3v) is 4.73. The zero-order valence-electron chi connectivity index (χ0n) is 9.80. The zero-order chi connectivity index (χ0) is 13.2. The van der Waals surface area contributed by atoms with Gasteiger partial charge in [-0.1, -0.05) is 0 Å². The summed E-state index contributed by atoms with van der Waals surface area (Å²) >= 11 is 0. The van der Waals surface area contributed by atoms with Crippen LogP contribution in [0.5, 0.6) is 0 Å². The molecule has 2 rings (SSSR count). The summed E-state index contributed by atoms with van der Waals surface area (Å²) < 4.78 is 44.3. The molecule has 0 saturated carbocycles. The lowest BCUT2D eigenvalue weighted by molar-refractivity contribution is 0.148. The molecule has 0 radical (unpaired) electrons. The van der Waals surface area contributed by atoms with E-state index in [0.29, 0.717) is 26.2 Å². The number of rotatable bonds is 2. The lowest BCUT2D eigenvalue weighted by atomic mass is 10.3. The number of sulfonamides is 1. The van der Waals surface area contributed by atoms with Gasteiger partial charge in [-0.25, -0.2) is 12.8 Å². The predicted octanol–water partition coefficient (Wildman–Crippen LogP) is 0.819. The second-order valence-corrected chi connectivity index (χ2v) is 5.96. The van der Waals surface area contributed by atoms with Crippen molar-refractivity contribution < 1.29 is 17.5 Å². The van der Waals surface area contributed by atoms with Crippen LogP contribution in [0.2, 0.25) is 0 Å². The van der Waals surface area contributed by atoms with Crippen LogP contribution in [-0.4, -0.2) is 39.0 Å². The first-order valence-corrected chi connectivity index (χ1v) is 7.09. The van der Waals surface area contributed by atoms with Crippen molar-refractivity contribution in [2.45, 2.75) is 11.3 Å². The van der Waals surface area contributed by atoms with E-state index < -0.39 is 15.8 Å². The SMILES string of the molecule is Nc1ccc(F)cc1S(=O)(=O)N1CCCOCC1. The van der Waals surface area contributed by atoms with Gasteiger partial charge in [-0.05, 0) is 24.6 Å². The molecule has 1 aliphatic heterocycles. The molecule has 100 valence electrons.